The van der Waals surface area contributed by atoms with Crippen LogP contribution in [0.2, 0.25) is 0 Å². The second kappa shape index (κ2) is 3.09. The quantitative estimate of drug-likeness (QED) is 0.666. The highest BCUT2D eigenvalue weighted by Gasteiger charge is 2.05. The van der Waals surface area contributed by atoms with Crippen molar-refractivity contribution < 1.29 is 4.74 Å². The normalized spacial score (nSPS) is 9.08. The van der Waals surface area contributed by atoms with E-state index in [4.69, 9.17) is 15.7 Å². The molecule has 4 heteroatoms. The van der Waals surface area contributed by atoms with Crippen molar-refractivity contribution in [1.82, 2.24) is 4.98 Å². The van der Waals surface area contributed by atoms with Crippen molar-refractivity contribution in [3.05, 3.63) is 17.3 Å². The molecule has 0 unspecified atom stereocenters. The van der Waals surface area contributed by atoms with E-state index in [9.17, 15) is 0 Å². The fraction of sp³-hybridized carbons (Fsp3) is 0.250. The first kappa shape index (κ1) is 8.34. The summed E-state index contributed by atoms with van der Waals surface area (Å²) in [7, 11) is 1.50. The number of ether oxygens (including phenoxy) is 1. The van der Waals surface area contributed by atoms with Crippen LogP contribution in [-0.4, -0.2) is 12.1 Å². The highest BCUT2D eigenvalue weighted by molar-refractivity contribution is 5.58. The van der Waals surface area contributed by atoms with Crippen LogP contribution in [0, 0.1) is 18.3 Å². The second-order valence-electron chi connectivity index (χ2n) is 2.32. The van der Waals surface area contributed by atoms with Gasteiger partial charge in [-0.1, -0.05) is 0 Å². The summed E-state index contributed by atoms with van der Waals surface area (Å²) in [5.74, 6) is 0.415. The van der Waals surface area contributed by atoms with Gasteiger partial charge in [0.25, 0.3) is 0 Å². The van der Waals surface area contributed by atoms with E-state index in [0.29, 0.717) is 22.8 Å². The minimum absolute atomic E-state index is 0.402. The highest BCUT2D eigenvalue weighted by Crippen LogP contribution is 2.19. The minimum atomic E-state index is 0.402. The van der Waals surface area contributed by atoms with Gasteiger partial charge in [-0.15, -0.1) is 0 Å². The molecule has 0 fully saturated rings. The number of pyridine rings is 1. The van der Waals surface area contributed by atoms with Gasteiger partial charge in [-0.25, -0.2) is 4.98 Å². The molecule has 0 aliphatic carbocycles. The van der Waals surface area contributed by atoms with Gasteiger partial charge in [-0.2, -0.15) is 5.26 Å². The van der Waals surface area contributed by atoms with Crippen LogP contribution in [0.25, 0.3) is 0 Å². The van der Waals surface area contributed by atoms with Crippen LogP contribution >= 0.6 is 0 Å². The number of anilines is 1. The van der Waals surface area contributed by atoms with Crippen LogP contribution in [0.4, 0.5) is 5.69 Å². The fourth-order valence-corrected chi connectivity index (χ4v) is 0.851. The van der Waals surface area contributed by atoms with Crippen molar-refractivity contribution in [2.75, 3.05) is 12.8 Å². The van der Waals surface area contributed by atoms with Gasteiger partial charge in [0.1, 0.15) is 6.07 Å². The number of aromatic nitrogens is 1. The number of nitrogen functional groups attached to an aromatic ring is 1. The lowest BCUT2D eigenvalue weighted by Gasteiger charge is -2.04. The SMILES string of the molecule is COc1cc(C#N)c(N)c(C)n1. The predicted molar refractivity (Wildman–Crippen MR) is 44.7 cm³/mol. The summed E-state index contributed by atoms with van der Waals surface area (Å²) in [4.78, 5) is 4.00. The zero-order valence-corrected chi connectivity index (χ0v) is 6.96. The zero-order chi connectivity index (χ0) is 9.14. The van der Waals surface area contributed by atoms with Gasteiger partial charge in [-0.05, 0) is 6.92 Å². The first-order valence-electron chi connectivity index (χ1n) is 3.40. The van der Waals surface area contributed by atoms with Gasteiger partial charge in [0.15, 0.2) is 0 Å². The van der Waals surface area contributed by atoms with Crippen molar-refractivity contribution >= 4 is 5.69 Å². The fourth-order valence-electron chi connectivity index (χ4n) is 0.851. The first-order valence-corrected chi connectivity index (χ1v) is 3.40. The number of hydrogen-bond acceptors (Lipinski definition) is 4. The zero-order valence-electron chi connectivity index (χ0n) is 6.96. The topological polar surface area (TPSA) is 71.9 Å². The number of rotatable bonds is 1. The largest absolute Gasteiger partial charge is 0.481 e. The van der Waals surface area contributed by atoms with E-state index in [1.165, 1.54) is 13.2 Å². The minimum Gasteiger partial charge on any atom is -0.481 e. The molecule has 2 N–H and O–H groups in total. The van der Waals surface area contributed by atoms with Crippen molar-refractivity contribution in [2.24, 2.45) is 0 Å². The lowest BCUT2D eigenvalue weighted by molar-refractivity contribution is 0.397. The molecule has 62 valence electrons. The molecule has 1 rings (SSSR count). The molecule has 1 aromatic rings. The highest BCUT2D eigenvalue weighted by atomic mass is 16.5. The van der Waals surface area contributed by atoms with E-state index in [1.54, 1.807) is 6.92 Å². The number of nitrogens with zero attached hydrogens (tertiary/aromatic N) is 2. The van der Waals surface area contributed by atoms with Gasteiger partial charge in [-0.3, -0.25) is 0 Å². The third-order valence-corrected chi connectivity index (χ3v) is 1.56. The average Bonchev–Trinajstić information content (AvgIpc) is 2.09. The van der Waals surface area contributed by atoms with Crippen molar-refractivity contribution in [3.8, 4) is 11.9 Å². The first-order chi connectivity index (χ1) is 5.69. The van der Waals surface area contributed by atoms with E-state index in [2.05, 4.69) is 4.98 Å². The molecule has 0 atom stereocenters. The molecule has 0 saturated heterocycles. The lowest BCUT2D eigenvalue weighted by Crippen LogP contribution is -1.99. The van der Waals surface area contributed by atoms with Crippen LogP contribution in [0.15, 0.2) is 6.07 Å². The third-order valence-electron chi connectivity index (χ3n) is 1.56. The molecule has 12 heavy (non-hydrogen) atoms. The number of nitriles is 1. The Labute approximate surface area is 70.6 Å². The Kier molecular flexibility index (Phi) is 2.15. The molecule has 1 aromatic heterocycles. The monoisotopic (exact) mass is 163 g/mol. The summed E-state index contributed by atoms with van der Waals surface area (Å²) in [5, 5.41) is 8.65. The van der Waals surface area contributed by atoms with Crippen LogP contribution in [0.3, 0.4) is 0 Å². The molecular weight excluding hydrogens is 154 g/mol. The summed E-state index contributed by atoms with van der Waals surface area (Å²) < 4.78 is 4.87. The molecule has 0 saturated carbocycles. The third kappa shape index (κ3) is 1.30. The summed E-state index contributed by atoms with van der Waals surface area (Å²) in [6.07, 6.45) is 0. The number of methoxy groups -OCH3 is 1. The Bertz CT molecular complexity index is 341. The summed E-state index contributed by atoms with van der Waals surface area (Å²) in [6.45, 7) is 1.73. The standard InChI is InChI=1S/C8H9N3O/c1-5-8(10)6(4-9)3-7(11-5)12-2/h3H,10H2,1-2H3. The number of nitrogens with two attached hydrogens (primary N) is 1. The Balaban J connectivity index is 3.31. The van der Waals surface area contributed by atoms with Gasteiger partial charge in [0, 0.05) is 6.07 Å². The molecule has 4 nitrogen and oxygen atoms in total. The van der Waals surface area contributed by atoms with E-state index < -0.39 is 0 Å². The maximum absolute atomic E-state index is 8.65. The summed E-state index contributed by atoms with van der Waals surface area (Å²) >= 11 is 0. The van der Waals surface area contributed by atoms with Gasteiger partial charge in [0.05, 0.1) is 24.1 Å². The van der Waals surface area contributed by atoms with Crippen LogP contribution in [0.5, 0.6) is 5.88 Å². The number of hydrogen-bond donors (Lipinski definition) is 1. The maximum atomic E-state index is 8.65. The molecule has 0 aliphatic rings. The molecule has 0 aliphatic heterocycles. The number of aryl methyl sites for hydroxylation is 1. The molecule has 0 spiro atoms. The van der Waals surface area contributed by atoms with Gasteiger partial charge < -0.3 is 10.5 Å². The van der Waals surface area contributed by atoms with Crippen LogP contribution in [0.1, 0.15) is 11.3 Å². The van der Waals surface area contributed by atoms with Crippen molar-refractivity contribution in [3.63, 3.8) is 0 Å². The van der Waals surface area contributed by atoms with Gasteiger partial charge >= 0.3 is 0 Å². The smallest absolute Gasteiger partial charge is 0.214 e. The van der Waals surface area contributed by atoms with E-state index >= 15 is 0 Å². The Morgan fingerprint density at radius 3 is 2.83 bits per heavy atom. The molecule has 0 radical (unpaired) electrons. The van der Waals surface area contributed by atoms with Crippen LogP contribution < -0.4 is 10.5 Å². The molecule has 0 bridgehead atoms. The molecular formula is C8H9N3O. The second-order valence-corrected chi connectivity index (χ2v) is 2.32. The van der Waals surface area contributed by atoms with Crippen LogP contribution in [-0.2, 0) is 0 Å². The van der Waals surface area contributed by atoms with Gasteiger partial charge in [0.2, 0.25) is 5.88 Å². The van der Waals surface area contributed by atoms with Crippen molar-refractivity contribution in [1.29, 1.82) is 5.26 Å². The Hall–Kier alpha value is -1.76. The van der Waals surface area contributed by atoms with E-state index in [1.807, 2.05) is 6.07 Å². The Morgan fingerprint density at radius 1 is 1.67 bits per heavy atom. The summed E-state index contributed by atoms with van der Waals surface area (Å²) in [5.41, 5.74) is 7.01. The van der Waals surface area contributed by atoms with E-state index in [-0.39, 0.29) is 0 Å². The average molecular weight is 163 g/mol. The lowest BCUT2D eigenvalue weighted by atomic mass is 10.2. The van der Waals surface area contributed by atoms with E-state index in [0.717, 1.165) is 0 Å². The summed E-state index contributed by atoms with van der Waals surface area (Å²) in [6, 6.07) is 3.48. The Morgan fingerprint density at radius 2 is 2.33 bits per heavy atom. The molecule has 0 amide bonds. The van der Waals surface area contributed by atoms with Crippen molar-refractivity contribution in [2.45, 2.75) is 6.92 Å². The maximum Gasteiger partial charge on any atom is 0.214 e. The predicted octanol–water partition coefficient (Wildman–Crippen LogP) is 0.853. The molecule has 1 heterocycles. The molecule has 0 aromatic carbocycles.